The zero-order chi connectivity index (χ0) is 13.0. The zero-order valence-corrected chi connectivity index (χ0v) is 9.98. The van der Waals surface area contributed by atoms with E-state index >= 15 is 0 Å². The molecule has 1 fully saturated rings. The summed E-state index contributed by atoms with van der Waals surface area (Å²) in [6.07, 6.45) is 5.11. The monoisotopic (exact) mass is 245 g/mol. The molecule has 2 N–H and O–H groups in total. The molecule has 1 aliphatic rings. The highest BCUT2D eigenvalue weighted by molar-refractivity contribution is 5.98. The van der Waals surface area contributed by atoms with Crippen LogP contribution in [-0.2, 0) is 0 Å². The summed E-state index contributed by atoms with van der Waals surface area (Å²) in [4.78, 5) is 27.4. The van der Waals surface area contributed by atoms with Crippen molar-refractivity contribution in [2.75, 3.05) is 6.54 Å². The molecule has 0 aliphatic heterocycles. The predicted molar refractivity (Wildman–Crippen MR) is 67.3 cm³/mol. The van der Waals surface area contributed by atoms with Gasteiger partial charge in [-0.05, 0) is 25.0 Å². The first-order chi connectivity index (χ1) is 8.70. The molecule has 1 aliphatic carbocycles. The fraction of sp³-hybridized carbons (Fsp3) is 0.308. The molecule has 5 nitrogen and oxygen atoms in total. The molecule has 1 aromatic rings. The molecule has 0 aromatic carbocycles. The van der Waals surface area contributed by atoms with Crippen LogP contribution >= 0.6 is 0 Å². The lowest BCUT2D eigenvalue weighted by molar-refractivity contribution is 0.0951. The van der Waals surface area contributed by atoms with Crippen LogP contribution in [0.1, 0.15) is 33.7 Å². The molecule has 1 aromatic heterocycles. The van der Waals surface area contributed by atoms with Gasteiger partial charge in [-0.3, -0.25) is 14.6 Å². The summed E-state index contributed by atoms with van der Waals surface area (Å²) in [5, 5.41) is 5.48. The molecular weight excluding hydrogens is 230 g/mol. The maximum Gasteiger partial charge on any atom is 0.270 e. The van der Waals surface area contributed by atoms with Crippen LogP contribution in [0.2, 0.25) is 0 Å². The minimum atomic E-state index is -0.309. The number of aromatic nitrogens is 1. The van der Waals surface area contributed by atoms with Gasteiger partial charge in [0.15, 0.2) is 0 Å². The Kier molecular flexibility index (Phi) is 3.72. The van der Waals surface area contributed by atoms with Crippen molar-refractivity contribution in [1.29, 1.82) is 0 Å². The Morgan fingerprint density at radius 3 is 2.89 bits per heavy atom. The lowest BCUT2D eigenvalue weighted by Crippen LogP contribution is -2.27. The summed E-state index contributed by atoms with van der Waals surface area (Å²) in [6.45, 7) is 3.89. The van der Waals surface area contributed by atoms with Crippen LogP contribution in [-0.4, -0.2) is 29.4 Å². The van der Waals surface area contributed by atoms with Crippen molar-refractivity contribution in [2.24, 2.45) is 0 Å². The number of pyridine rings is 1. The maximum atomic E-state index is 11.8. The summed E-state index contributed by atoms with van der Waals surface area (Å²) >= 11 is 0. The number of carbonyl (C=O) groups excluding carboxylic acids is 2. The van der Waals surface area contributed by atoms with Gasteiger partial charge in [-0.1, -0.05) is 6.08 Å². The highest BCUT2D eigenvalue weighted by atomic mass is 16.2. The SMILES string of the molecule is C=CCNC(=O)c1cc(C(=O)NC2CC2)ccn1. The van der Waals surface area contributed by atoms with E-state index in [-0.39, 0.29) is 17.5 Å². The summed E-state index contributed by atoms with van der Waals surface area (Å²) in [6, 6.07) is 3.39. The van der Waals surface area contributed by atoms with Crippen LogP contribution < -0.4 is 10.6 Å². The van der Waals surface area contributed by atoms with E-state index in [4.69, 9.17) is 0 Å². The van der Waals surface area contributed by atoms with Crippen molar-refractivity contribution < 1.29 is 9.59 Å². The third-order valence-corrected chi connectivity index (χ3v) is 2.57. The van der Waals surface area contributed by atoms with Gasteiger partial charge in [-0.25, -0.2) is 0 Å². The van der Waals surface area contributed by atoms with E-state index in [0.717, 1.165) is 12.8 Å². The summed E-state index contributed by atoms with van der Waals surface area (Å²) in [5.74, 6) is -0.464. The zero-order valence-electron chi connectivity index (χ0n) is 9.98. The lowest BCUT2D eigenvalue weighted by Gasteiger charge is -2.05. The average molecular weight is 245 g/mol. The van der Waals surface area contributed by atoms with E-state index in [2.05, 4.69) is 22.2 Å². The molecule has 0 bridgehead atoms. The van der Waals surface area contributed by atoms with Gasteiger partial charge in [-0.15, -0.1) is 6.58 Å². The molecule has 94 valence electrons. The molecule has 0 spiro atoms. The highest BCUT2D eigenvalue weighted by Crippen LogP contribution is 2.19. The van der Waals surface area contributed by atoms with Crippen LogP contribution in [0.3, 0.4) is 0 Å². The third kappa shape index (κ3) is 3.16. The second-order valence-corrected chi connectivity index (χ2v) is 4.18. The van der Waals surface area contributed by atoms with Gasteiger partial charge in [-0.2, -0.15) is 0 Å². The Bertz CT molecular complexity index is 481. The molecule has 2 amide bonds. The van der Waals surface area contributed by atoms with E-state index < -0.39 is 0 Å². The number of carbonyl (C=O) groups is 2. The number of rotatable bonds is 5. The Morgan fingerprint density at radius 2 is 2.22 bits per heavy atom. The fourth-order valence-corrected chi connectivity index (χ4v) is 1.45. The molecule has 1 saturated carbocycles. The van der Waals surface area contributed by atoms with Gasteiger partial charge in [0.1, 0.15) is 5.69 Å². The first-order valence-electron chi connectivity index (χ1n) is 5.86. The van der Waals surface area contributed by atoms with E-state index in [1.165, 1.54) is 12.3 Å². The van der Waals surface area contributed by atoms with Crippen molar-refractivity contribution in [3.05, 3.63) is 42.2 Å². The topological polar surface area (TPSA) is 71.1 Å². The molecule has 0 radical (unpaired) electrons. The molecule has 1 heterocycles. The number of hydrogen-bond acceptors (Lipinski definition) is 3. The van der Waals surface area contributed by atoms with Crippen molar-refractivity contribution in [3.63, 3.8) is 0 Å². The Morgan fingerprint density at radius 1 is 1.44 bits per heavy atom. The van der Waals surface area contributed by atoms with Crippen LogP contribution in [0.5, 0.6) is 0 Å². The quantitative estimate of drug-likeness (QED) is 0.757. The number of amides is 2. The Labute approximate surface area is 105 Å². The number of nitrogens with zero attached hydrogens (tertiary/aromatic N) is 1. The molecule has 0 saturated heterocycles. The van der Waals surface area contributed by atoms with Gasteiger partial charge >= 0.3 is 0 Å². The van der Waals surface area contributed by atoms with Gasteiger partial charge < -0.3 is 10.6 Å². The number of nitrogens with one attached hydrogen (secondary N) is 2. The fourth-order valence-electron chi connectivity index (χ4n) is 1.45. The molecule has 18 heavy (non-hydrogen) atoms. The molecule has 0 atom stereocenters. The summed E-state index contributed by atoms with van der Waals surface area (Å²) in [7, 11) is 0. The highest BCUT2D eigenvalue weighted by Gasteiger charge is 2.24. The molecule has 0 unspecified atom stereocenters. The lowest BCUT2D eigenvalue weighted by atomic mass is 10.2. The normalized spacial score (nSPS) is 13.8. The Hall–Kier alpha value is -2.17. The maximum absolute atomic E-state index is 11.8. The number of hydrogen-bond donors (Lipinski definition) is 2. The van der Waals surface area contributed by atoms with E-state index in [9.17, 15) is 9.59 Å². The second kappa shape index (κ2) is 5.44. The van der Waals surface area contributed by atoms with Gasteiger partial charge in [0.2, 0.25) is 0 Å². The average Bonchev–Trinajstić information content (AvgIpc) is 3.20. The predicted octanol–water partition coefficient (Wildman–Crippen LogP) is 0.890. The third-order valence-electron chi connectivity index (χ3n) is 2.57. The van der Waals surface area contributed by atoms with Crippen LogP contribution in [0, 0.1) is 0 Å². The van der Waals surface area contributed by atoms with E-state index in [0.29, 0.717) is 18.2 Å². The largest absolute Gasteiger partial charge is 0.349 e. The van der Waals surface area contributed by atoms with E-state index in [1.54, 1.807) is 12.1 Å². The second-order valence-electron chi connectivity index (χ2n) is 4.18. The first kappa shape index (κ1) is 12.3. The Balaban J connectivity index is 2.05. The molecule has 5 heteroatoms. The van der Waals surface area contributed by atoms with Crippen molar-refractivity contribution >= 4 is 11.8 Å². The van der Waals surface area contributed by atoms with Crippen LogP contribution in [0.15, 0.2) is 31.0 Å². The van der Waals surface area contributed by atoms with Crippen LogP contribution in [0.4, 0.5) is 0 Å². The minimum Gasteiger partial charge on any atom is -0.349 e. The van der Waals surface area contributed by atoms with Crippen LogP contribution in [0.25, 0.3) is 0 Å². The minimum absolute atomic E-state index is 0.155. The van der Waals surface area contributed by atoms with Gasteiger partial charge in [0.05, 0.1) is 0 Å². The summed E-state index contributed by atoms with van der Waals surface area (Å²) in [5.41, 5.74) is 0.695. The summed E-state index contributed by atoms with van der Waals surface area (Å²) < 4.78 is 0. The smallest absolute Gasteiger partial charge is 0.270 e. The van der Waals surface area contributed by atoms with Crippen molar-refractivity contribution in [1.82, 2.24) is 15.6 Å². The van der Waals surface area contributed by atoms with Gasteiger partial charge in [0.25, 0.3) is 11.8 Å². The van der Waals surface area contributed by atoms with Crippen molar-refractivity contribution in [2.45, 2.75) is 18.9 Å². The standard InChI is InChI=1S/C13H15N3O2/c1-2-6-15-13(18)11-8-9(5-7-14-11)12(17)16-10-3-4-10/h2,5,7-8,10H,1,3-4,6H2,(H,15,18)(H,16,17). The van der Waals surface area contributed by atoms with Gasteiger partial charge in [0, 0.05) is 24.3 Å². The van der Waals surface area contributed by atoms with E-state index in [1.807, 2.05) is 0 Å². The van der Waals surface area contributed by atoms with Crippen molar-refractivity contribution in [3.8, 4) is 0 Å². The molecule has 2 rings (SSSR count). The first-order valence-corrected chi connectivity index (χ1v) is 5.86. The molecular formula is C13H15N3O2.